The Balaban J connectivity index is 1.86. The highest BCUT2D eigenvalue weighted by Crippen LogP contribution is 2.35. The van der Waals surface area contributed by atoms with Crippen molar-refractivity contribution in [3.8, 4) is 5.75 Å². The predicted octanol–water partition coefficient (Wildman–Crippen LogP) is 6.27. The van der Waals surface area contributed by atoms with Crippen molar-refractivity contribution in [2.45, 2.75) is 58.5 Å². The van der Waals surface area contributed by atoms with Gasteiger partial charge in [-0.3, -0.25) is 0 Å². The van der Waals surface area contributed by atoms with Crippen molar-refractivity contribution >= 4 is 21.5 Å². The molecule has 0 amide bonds. The Morgan fingerprint density at radius 3 is 2.50 bits per heavy atom. The molecule has 0 saturated heterocycles. The summed E-state index contributed by atoms with van der Waals surface area (Å²) in [6.45, 7) is 4.73. The van der Waals surface area contributed by atoms with E-state index in [0.717, 1.165) is 35.8 Å². The Bertz CT molecular complexity index is 853. The van der Waals surface area contributed by atoms with Gasteiger partial charge in [0.15, 0.2) is 0 Å². The van der Waals surface area contributed by atoms with E-state index in [-0.39, 0.29) is 0 Å². The second-order valence-electron chi connectivity index (χ2n) is 7.15. The summed E-state index contributed by atoms with van der Waals surface area (Å²) in [6.07, 6.45) is 6.11. The number of unbranched alkanes of at least 4 members (excludes halogenated alkanes) is 3. The van der Waals surface area contributed by atoms with Crippen molar-refractivity contribution < 1.29 is 9.84 Å². The van der Waals surface area contributed by atoms with Crippen LogP contribution in [0, 0.1) is 0 Å². The second kappa shape index (κ2) is 9.05. The molecule has 2 heteroatoms. The lowest BCUT2D eigenvalue weighted by Gasteiger charge is -2.17. The summed E-state index contributed by atoms with van der Waals surface area (Å²) in [6, 6.07) is 17.1. The fourth-order valence-corrected chi connectivity index (χ4v) is 3.51. The fraction of sp³-hybridized carbons (Fsp3) is 0.417. The Morgan fingerprint density at radius 1 is 0.885 bits per heavy atom. The van der Waals surface area contributed by atoms with Crippen LogP contribution in [0.1, 0.15) is 51.5 Å². The molecule has 0 bridgehead atoms. The van der Waals surface area contributed by atoms with Gasteiger partial charge in [0.1, 0.15) is 12.4 Å². The van der Waals surface area contributed by atoms with Gasteiger partial charge >= 0.3 is 0 Å². The van der Waals surface area contributed by atoms with E-state index in [0.29, 0.717) is 6.61 Å². The zero-order chi connectivity index (χ0) is 18.4. The zero-order valence-corrected chi connectivity index (χ0v) is 16.0. The molecule has 0 aliphatic carbocycles. The highest BCUT2D eigenvalue weighted by Gasteiger charge is 2.12. The van der Waals surface area contributed by atoms with Gasteiger partial charge in [0.2, 0.25) is 0 Å². The molecule has 26 heavy (non-hydrogen) atoms. The first-order chi connectivity index (χ1) is 12.7. The van der Waals surface area contributed by atoms with Crippen LogP contribution in [0.15, 0.2) is 48.5 Å². The van der Waals surface area contributed by atoms with Crippen LogP contribution in [0.3, 0.4) is 0 Å². The molecule has 1 N–H and O–H groups in total. The van der Waals surface area contributed by atoms with Crippen LogP contribution in [0.5, 0.6) is 5.75 Å². The van der Waals surface area contributed by atoms with E-state index < -0.39 is 6.10 Å². The largest absolute Gasteiger partial charge is 0.490 e. The van der Waals surface area contributed by atoms with Gasteiger partial charge in [0, 0.05) is 10.8 Å². The lowest BCUT2D eigenvalue weighted by Crippen LogP contribution is -2.17. The lowest BCUT2D eigenvalue weighted by molar-refractivity contribution is 0.0990. The van der Waals surface area contributed by atoms with Crippen molar-refractivity contribution in [3.63, 3.8) is 0 Å². The minimum absolute atomic E-state index is 0.353. The number of ether oxygens (including phenoxy) is 1. The summed E-state index contributed by atoms with van der Waals surface area (Å²) in [4.78, 5) is 0. The van der Waals surface area contributed by atoms with E-state index in [9.17, 15) is 5.11 Å². The quantitative estimate of drug-likeness (QED) is 0.364. The molecule has 0 fully saturated rings. The molecule has 3 aromatic carbocycles. The van der Waals surface area contributed by atoms with Gasteiger partial charge in [0.25, 0.3) is 0 Å². The van der Waals surface area contributed by atoms with E-state index in [4.69, 9.17) is 4.74 Å². The number of hydrogen-bond acceptors (Lipinski definition) is 2. The molecule has 0 aliphatic heterocycles. The molecule has 0 heterocycles. The number of aliphatic hydroxyl groups excluding tert-OH is 1. The maximum atomic E-state index is 10.3. The van der Waals surface area contributed by atoms with Crippen LogP contribution in [0.4, 0.5) is 0 Å². The molecule has 0 spiro atoms. The number of hydrogen-bond donors (Lipinski definition) is 1. The first kappa shape index (κ1) is 18.7. The summed E-state index contributed by atoms with van der Waals surface area (Å²) in [5.74, 6) is 0.904. The summed E-state index contributed by atoms with van der Waals surface area (Å²) < 4.78 is 6.20. The number of rotatable bonds is 9. The highest BCUT2D eigenvalue weighted by molar-refractivity contribution is 6.05. The Morgan fingerprint density at radius 2 is 1.69 bits per heavy atom. The minimum Gasteiger partial charge on any atom is -0.490 e. The number of aliphatic hydroxyl groups is 1. The maximum Gasteiger partial charge on any atom is 0.135 e. The molecule has 1 atom stereocenters. The maximum absolute atomic E-state index is 10.3. The van der Waals surface area contributed by atoms with Gasteiger partial charge < -0.3 is 9.84 Å². The van der Waals surface area contributed by atoms with Gasteiger partial charge in [-0.15, -0.1) is 0 Å². The molecule has 0 saturated carbocycles. The molecule has 1 unspecified atom stereocenters. The van der Waals surface area contributed by atoms with E-state index in [1.165, 1.54) is 35.6 Å². The topological polar surface area (TPSA) is 29.5 Å². The highest BCUT2D eigenvalue weighted by atomic mass is 16.5. The second-order valence-corrected chi connectivity index (χ2v) is 7.15. The lowest BCUT2D eigenvalue weighted by atomic mass is 9.99. The third kappa shape index (κ3) is 4.37. The molecular weight excluding hydrogens is 320 g/mol. The van der Waals surface area contributed by atoms with Crippen LogP contribution in [0.25, 0.3) is 21.5 Å². The Kier molecular flexibility index (Phi) is 6.51. The summed E-state index contributed by atoms with van der Waals surface area (Å²) in [5.41, 5.74) is 1.30. The minimum atomic E-state index is -0.407. The summed E-state index contributed by atoms with van der Waals surface area (Å²) in [7, 11) is 0. The van der Waals surface area contributed by atoms with Crippen molar-refractivity contribution in [3.05, 3.63) is 54.1 Å². The SMILES string of the molecule is CCCCCCC(O)COc1c2ccccc2cc2ccc(CC)cc12. The zero-order valence-electron chi connectivity index (χ0n) is 16.0. The molecule has 3 aromatic rings. The predicted molar refractivity (Wildman–Crippen MR) is 111 cm³/mol. The van der Waals surface area contributed by atoms with Gasteiger partial charge in [-0.05, 0) is 41.3 Å². The van der Waals surface area contributed by atoms with Gasteiger partial charge in [0.05, 0.1) is 6.10 Å². The molecule has 138 valence electrons. The average molecular weight is 351 g/mol. The number of fused-ring (bicyclic) bond motifs is 2. The van der Waals surface area contributed by atoms with Crippen LogP contribution >= 0.6 is 0 Å². The first-order valence-corrected chi connectivity index (χ1v) is 9.98. The van der Waals surface area contributed by atoms with Crippen LogP contribution in [0.2, 0.25) is 0 Å². The molecule has 0 radical (unpaired) electrons. The number of aryl methyl sites for hydroxylation is 1. The molecule has 0 aliphatic rings. The molecule has 2 nitrogen and oxygen atoms in total. The van der Waals surface area contributed by atoms with E-state index in [1.807, 2.05) is 6.07 Å². The Labute approximate surface area is 156 Å². The van der Waals surface area contributed by atoms with Crippen molar-refractivity contribution in [1.82, 2.24) is 0 Å². The standard InChI is InChI=1S/C24H30O2/c1-3-5-6-7-11-21(25)17-26-24-22-12-9-8-10-19(22)16-20-14-13-18(4-2)15-23(20)24/h8-10,12-16,21,25H,3-7,11,17H2,1-2H3. The van der Waals surface area contributed by atoms with Crippen molar-refractivity contribution in [2.24, 2.45) is 0 Å². The van der Waals surface area contributed by atoms with Crippen molar-refractivity contribution in [2.75, 3.05) is 6.61 Å². The van der Waals surface area contributed by atoms with Crippen molar-refractivity contribution in [1.29, 1.82) is 0 Å². The Hall–Kier alpha value is -2.06. The van der Waals surface area contributed by atoms with Gasteiger partial charge in [-0.2, -0.15) is 0 Å². The third-order valence-corrected chi connectivity index (χ3v) is 5.10. The first-order valence-electron chi connectivity index (χ1n) is 9.98. The summed E-state index contributed by atoms with van der Waals surface area (Å²) in [5, 5.41) is 15.0. The molecule has 3 rings (SSSR count). The van der Waals surface area contributed by atoms with Gasteiger partial charge in [-0.25, -0.2) is 0 Å². The fourth-order valence-electron chi connectivity index (χ4n) is 3.51. The van der Waals surface area contributed by atoms with Crippen LogP contribution in [-0.4, -0.2) is 17.8 Å². The summed E-state index contributed by atoms with van der Waals surface area (Å²) >= 11 is 0. The van der Waals surface area contributed by atoms with E-state index in [1.54, 1.807) is 0 Å². The van der Waals surface area contributed by atoms with Gasteiger partial charge in [-0.1, -0.05) is 75.9 Å². The van der Waals surface area contributed by atoms with E-state index in [2.05, 4.69) is 56.3 Å². The number of benzene rings is 3. The third-order valence-electron chi connectivity index (χ3n) is 5.10. The molecular formula is C24H30O2. The molecule has 0 aromatic heterocycles. The van der Waals surface area contributed by atoms with Crippen LogP contribution in [-0.2, 0) is 6.42 Å². The smallest absolute Gasteiger partial charge is 0.135 e. The van der Waals surface area contributed by atoms with Crippen LogP contribution < -0.4 is 4.74 Å². The normalized spacial score (nSPS) is 12.6. The average Bonchev–Trinajstić information content (AvgIpc) is 2.68. The monoisotopic (exact) mass is 350 g/mol. The van der Waals surface area contributed by atoms with E-state index >= 15 is 0 Å².